The molecule has 1 amide bonds. The fourth-order valence-corrected chi connectivity index (χ4v) is 3.64. The predicted molar refractivity (Wildman–Crippen MR) is 110 cm³/mol. The summed E-state index contributed by atoms with van der Waals surface area (Å²) < 4.78 is 0. The third-order valence-electron chi connectivity index (χ3n) is 4.81. The molecule has 1 aliphatic heterocycles. The molecule has 4 rings (SSSR count). The first-order chi connectivity index (χ1) is 13.4. The van der Waals surface area contributed by atoms with Crippen LogP contribution < -0.4 is 5.56 Å². The monoisotopic (exact) mass is 413 g/mol. The Morgan fingerprint density at radius 1 is 1.14 bits per heavy atom. The normalized spacial score (nSPS) is 13.3. The first-order valence-electron chi connectivity index (χ1n) is 8.86. The van der Waals surface area contributed by atoms with E-state index in [1.807, 2.05) is 31.2 Å². The molecule has 1 aromatic heterocycles. The van der Waals surface area contributed by atoms with Crippen molar-refractivity contribution < 1.29 is 4.79 Å². The minimum Gasteiger partial charge on any atom is -0.334 e. The number of benzene rings is 2. The summed E-state index contributed by atoms with van der Waals surface area (Å²) in [6, 6.07) is 12.6. The zero-order chi connectivity index (χ0) is 19.8. The predicted octanol–water partition coefficient (Wildman–Crippen LogP) is 4.25. The van der Waals surface area contributed by atoms with Crippen molar-refractivity contribution in [2.75, 3.05) is 6.54 Å². The topological polar surface area (TPSA) is 66.1 Å². The summed E-state index contributed by atoms with van der Waals surface area (Å²) in [5.41, 5.74) is 3.45. The molecule has 142 valence electrons. The van der Waals surface area contributed by atoms with Gasteiger partial charge in [-0.15, -0.1) is 0 Å². The van der Waals surface area contributed by atoms with Crippen LogP contribution in [0.2, 0.25) is 10.0 Å². The van der Waals surface area contributed by atoms with Crippen molar-refractivity contribution >= 4 is 29.1 Å². The number of nitrogens with zero attached hydrogens (tertiary/aromatic N) is 2. The van der Waals surface area contributed by atoms with Gasteiger partial charge in [0.05, 0.1) is 27.8 Å². The molecule has 0 saturated heterocycles. The van der Waals surface area contributed by atoms with E-state index in [-0.39, 0.29) is 18.0 Å². The van der Waals surface area contributed by atoms with Crippen LogP contribution in [0.25, 0.3) is 11.4 Å². The number of hydrogen-bond acceptors (Lipinski definition) is 3. The number of amides is 1. The number of fused-ring (bicyclic) bond motifs is 1. The highest BCUT2D eigenvalue weighted by atomic mass is 35.5. The molecule has 2 heterocycles. The Balaban J connectivity index is 1.63. The number of aryl methyl sites for hydroxylation is 1. The quantitative estimate of drug-likeness (QED) is 0.682. The van der Waals surface area contributed by atoms with Crippen molar-refractivity contribution in [1.82, 2.24) is 14.9 Å². The molecule has 2 aromatic carbocycles. The summed E-state index contributed by atoms with van der Waals surface area (Å²) in [5.74, 6) is 0.364. The van der Waals surface area contributed by atoms with Crippen LogP contribution in [0.5, 0.6) is 0 Å². The Bertz CT molecular complexity index is 1140. The maximum Gasteiger partial charge on any atom is 0.256 e. The van der Waals surface area contributed by atoms with Crippen molar-refractivity contribution in [2.45, 2.75) is 19.9 Å². The molecule has 1 N–H and O–H groups in total. The van der Waals surface area contributed by atoms with Gasteiger partial charge in [-0.1, -0.05) is 47.0 Å². The van der Waals surface area contributed by atoms with Gasteiger partial charge >= 0.3 is 0 Å². The summed E-state index contributed by atoms with van der Waals surface area (Å²) in [5, 5.41) is 0.721. The van der Waals surface area contributed by atoms with Gasteiger partial charge in [0, 0.05) is 24.1 Å². The molecule has 0 aliphatic carbocycles. The molecule has 0 saturated carbocycles. The van der Waals surface area contributed by atoms with Gasteiger partial charge in [0.1, 0.15) is 5.82 Å². The number of aromatic amines is 1. The van der Waals surface area contributed by atoms with Gasteiger partial charge < -0.3 is 9.88 Å². The molecule has 1 aliphatic rings. The molecular formula is C21H17Cl2N3O2. The number of aromatic nitrogens is 2. The SMILES string of the molecule is Cc1cccc(-c2nc3c(c(=O)[nH]2)CN(C(=O)c2ccc(Cl)c(Cl)c2)CC3)c1. The van der Waals surface area contributed by atoms with Gasteiger partial charge in [-0.3, -0.25) is 9.59 Å². The summed E-state index contributed by atoms with van der Waals surface area (Å²) in [6.45, 7) is 2.69. The van der Waals surface area contributed by atoms with Gasteiger partial charge in [-0.05, 0) is 31.2 Å². The van der Waals surface area contributed by atoms with Crippen molar-refractivity contribution in [2.24, 2.45) is 0 Å². The van der Waals surface area contributed by atoms with E-state index in [9.17, 15) is 9.59 Å². The number of carbonyl (C=O) groups is 1. The highest BCUT2D eigenvalue weighted by molar-refractivity contribution is 6.42. The fraction of sp³-hybridized carbons (Fsp3) is 0.190. The summed E-state index contributed by atoms with van der Waals surface area (Å²) in [4.78, 5) is 34.6. The Hall–Kier alpha value is -2.63. The Kier molecular flexibility index (Phi) is 4.96. The average molecular weight is 414 g/mol. The minimum atomic E-state index is -0.215. The van der Waals surface area contributed by atoms with Gasteiger partial charge in [-0.2, -0.15) is 0 Å². The summed E-state index contributed by atoms with van der Waals surface area (Å²) in [6.07, 6.45) is 0.519. The van der Waals surface area contributed by atoms with Crippen molar-refractivity contribution in [3.63, 3.8) is 0 Å². The number of carbonyl (C=O) groups excluding carboxylic acids is 1. The van der Waals surface area contributed by atoms with Crippen LogP contribution >= 0.6 is 23.2 Å². The van der Waals surface area contributed by atoms with Crippen LogP contribution in [0.4, 0.5) is 0 Å². The second-order valence-corrected chi connectivity index (χ2v) is 7.63. The van der Waals surface area contributed by atoms with Gasteiger partial charge in [0.25, 0.3) is 11.5 Å². The van der Waals surface area contributed by atoms with E-state index in [4.69, 9.17) is 23.2 Å². The number of hydrogen-bond donors (Lipinski definition) is 1. The van der Waals surface area contributed by atoms with Crippen LogP contribution in [0, 0.1) is 6.92 Å². The van der Waals surface area contributed by atoms with Gasteiger partial charge in [0.2, 0.25) is 0 Å². The van der Waals surface area contributed by atoms with Crippen LogP contribution in [-0.2, 0) is 13.0 Å². The Labute approximate surface area is 171 Å². The maximum absolute atomic E-state index is 12.8. The van der Waals surface area contributed by atoms with Gasteiger partial charge in [-0.25, -0.2) is 4.98 Å². The van der Waals surface area contributed by atoms with Crippen molar-refractivity contribution in [1.29, 1.82) is 0 Å². The molecule has 0 atom stereocenters. The van der Waals surface area contributed by atoms with Crippen LogP contribution in [0.3, 0.4) is 0 Å². The van der Waals surface area contributed by atoms with E-state index < -0.39 is 0 Å². The molecule has 0 unspecified atom stereocenters. The molecule has 7 heteroatoms. The summed E-state index contributed by atoms with van der Waals surface area (Å²) in [7, 11) is 0. The van der Waals surface area contributed by atoms with E-state index in [0.29, 0.717) is 40.0 Å². The molecule has 0 radical (unpaired) electrons. The number of rotatable bonds is 2. The fourth-order valence-electron chi connectivity index (χ4n) is 3.34. The molecule has 0 spiro atoms. The third kappa shape index (κ3) is 3.55. The zero-order valence-electron chi connectivity index (χ0n) is 15.1. The Morgan fingerprint density at radius 3 is 2.71 bits per heavy atom. The largest absolute Gasteiger partial charge is 0.334 e. The van der Waals surface area contributed by atoms with Gasteiger partial charge in [0.15, 0.2) is 0 Å². The molecule has 0 fully saturated rings. The average Bonchev–Trinajstić information content (AvgIpc) is 2.69. The highest BCUT2D eigenvalue weighted by Crippen LogP contribution is 2.25. The standard InChI is InChI=1S/C21H17Cl2N3O2/c1-12-3-2-4-13(9-12)19-24-18-7-8-26(11-15(18)20(27)25-19)21(28)14-5-6-16(22)17(23)10-14/h2-6,9-10H,7-8,11H2,1H3,(H,24,25,27). The van der Waals surface area contributed by atoms with E-state index in [2.05, 4.69) is 9.97 Å². The number of nitrogens with one attached hydrogen (secondary N) is 1. The smallest absolute Gasteiger partial charge is 0.256 e. The second-order valence-electron chi connectivity index (χ2n) is 6.81. The highest BCUT2D eigenvalue weighted by Gasteiger charge is 2.25. The molecule has 0 bridgehead atoms. The third-order valence-corrected chi connectivity index (χ3v) is 5.55. The van der Waals surface area contributed by atoms with Crippen LogP contribution in [0.1, 0.15) is 27.2 Å². The first kappa shape index (κ1) is 18.7. The zero-order valence-corrected chi connectivity index (χ0v) is 16.6. The van der Waals surface area contributed by atoms with E-state index in [1.54, 1.807) is 23.1 Å². The second kappa shape index (κ2) is 7.41. The van der Waals surface area contributed by atoms with Crippen LogP contribution in [0.15, 0.2) is 47.3 Å². The van der Waals surface area contributed by atoms with Crippen molar-refractivity contribution in [3.8, 4) is 11.4 Å². The van der Waals surface area contributed by atoms with Crippen molar-refractivity contribution in [3.05, 3.63) is 85.2 Å². The first-order valence-corrected chi connectivity index (χ1v) is 9.61. The number of halogens is 2. The van der Waals surface area contributed by atoms with Crippen LogP contribution in [-0.4, -0.2) is 27.3 Å². The minimum absolute atomic E-state index is 0.189. The maximum atomic E-state index is 12.8. The molecule has 28 heavy (non-hydrogen) atoms. The lowest BCUT2D eigenvalue weighted by Gasteiger charge is -2.28. The van der Waals surface area contributed by atoms with E-state index in [1.165, 1.54) is 0 Å². The van der Waals surface area contributed by atoms with E-state index >= 15 is 0 Å². The van der Waals surface area contributed by atoms with E-state index in [0.717, 1.165) is 16.8 Å². The lowest BCUT2D eigenvalue weighted by atomic mass is 10.0. The summed E-state index contributed by atoms with van der Waals surface area (Å²) >= 11 is 11.9. The lowest BCUT2D eigenvalue weighted by molar-refractivity contribution is 0.0732. The molecule has 5 nitrogen and oxygen atoms in total. The lowest BCUT2D eigenvalue weighted by Crippen LogP contribution is -2.39. The molecule has 3 aromatic rings. The Morgan fingerprint density at radius 2 is 1.96 bits per heavy atom. The number of H-pyrrole nitrogens is 1. The molecular weight excluding hydrogens is 397 g/mol.